The first kappa shape index (κ1) is 16.0. The molecule has 5 nitrogen and oxygen atoms in total. The summed E-state index contributed by atoms with van der Waals surface area (Å²) in [5.74, 6) is 0.486. The lowest BCUT2D eigenvalue weighted by Gasteiger charge is -2.33. The molecule has 1 saturated heterocycles. The van der Waals surface area contributed by atoms with Gasteiger partial charge in [-0.1, -0.05) is 12.1 Å². The van der Waals surface area contributed by atoms with Crippen LogP contribution >= 0.6 is 0 Å². The summed E-state index contributed by atoms with van der Waals surface area (Å²) < 4.78 is 25.9. The molecule has 0 atom stereocenters. The molecular weight excluding hydrogens is 310 g/mol. The second-order valence-corrected chi connectivity index (χ2v) is 7.63. The Labute approximate surface area is 137 Å². The third-order valence-corrected chi connectivity index (χ3v) is 5.88. The Morgan fingerprint density at radius 3 is 2.22 bits per heavy atom. The van der Waals surface area contributed by atoms with Crippen molar-refractivity contribution in [2.75, 3.05) is 25.0 Å². The smallest absolute Gasteiger partial charge is 0.240 e. The maximum absolute atomic E-state index is 11.8. The SMILES string of the molecule is CNS(=O)(=O)c1ccc(C2CCN(c3ccncc3)CC2)cc1. The van der Waals surface area contributed by atoms with Gasteiger partial charge in [0.25, 0.3) is 0 Å². The zero-order valence-corrected chi connectivity index (χ0v) is 14.0. The third kappa shape index (κ3) is 3.54. The van der Waals surface area contributed by atoms with E-state index in [9.17, 15) is 8.42 Å². The van der Waals surface area contributed by atoms with Crippen molar-refractivity contribution in [1.82, 2.24) is 9.71 Å². The minimum Gasteiger partial charge on any atom is -0.371 e. The molecule has 0 saturated carbocycles. The standard InChI is InChI=1S/C17H21N3O2S/c1-18-23(21,22)17-4-2-14(3-5-17)15-8-12-20(13-9-15)16-6-10-19-11-7-16/h2-7,10-11,15,18H,8-9,12-13H2,1H3. The molecule has 0 aliphatic carbocycles. The molecule has 1 fully saturated rings. The average Bonchev–Trinajstić information content (AvgIpc) is 2.63. The van der Waals surface area contributed by atoms with Gasteiger partial charge in [0.1, 0.15) is 0 Å². The molecule has 0 bridgehead atoms. The van der Waals surface area contributed by atoms with Crippen LogP contribution < -0.4 is 9.62 Å². The Morgan fingerprint density at radius 2 is 1.65 bits per heavy atom. The van der Waals surface area contributed by atoms with Crippen LogP contribution in [-0.2, 0) is 10.0 Å². The van der Waals surface area contributed by atoms with Gasteiger partial charge in [-0.15, -0.1) is 0 Å². The van der Waals surface area contributed by atoms with E-state index in [2.05, 4.69) is 14.6 Å². The van der Waals surface area contributed by atoms with Crippen molar-refractivity contribution in [1.29, 1.82) is 0 Å². The minimum atomic E-state index is -3.35. The summed E-state index contributed by atoms with van der Waals surface area (Å²) in [6.07, 6.45) is 5.78. The lowest BCUT2D eigenvalue weighted by atomic mass is 9.89. The van der Waals surface area contributed by atoms with Crippen LogP contribution in [0.25, 0.3) is 0 Å². The summed E-state index contributed by atoms with van der Waals surface area (Å²) in [6.45, 7) is 2.01. The number of sulfonamides is 1. The van der Waals surface area contributed by atoms with Gasteiger partial charge in [-0.05, 0) is 55.6 Å². The Hall–Kier alpha value is -1.92. The first-order valence-corrected chi connectivity index (χ1v) is 9.27. The van der Waals surface area contributed by atoms with Gasteiger partial charge < -0.3 is 4.90 Å². The predicted octanol–water partition coefficient (Wildman–Crippen LogP) is 2.37. The van der Waals surface area contributed by atoms with E-state index in [-0.39, 0.29) is 0 Å². The van der Waals surface area contributed by atoms with Crippen molar-refractivity contribution in [2.45, 2.75) is 23.7 Å². The van der Waals surface area contributed by atoms with Crippen LogP contribution in [0.15, 0.2) is 53.7 Å². The van der Waals surface area contributed by atoms with E-state index in [0.29, 0.717) is 10.8 Å². The largest absolute Gasteiger partial charge is 0.371 e. The van der Waals surface area contributed by atoms with Crippen LogP contribution in [0.4, 0.5) is 5.69 Å². The number of pyridine rings is 1. The van der Waals surface area contributed by atoms with Gasteiger partial charge >= 0.3 is 0 Å². The molecule has 1 aliphatic heterocycles. The van der Waals surface area contributed by atoms with E-state index in [1.165, 1.54) is 18.3 Å². The number of hydrogen-bond acceptors (Lipinski definition) is 4. The van der Waals surface area contributed by atoms with Crippen LogP contribution in [-0.4, -0.2) is 33.5 Å². The summed E-state index contributed by atoms with van der Waals surface area (Å²) in [7, 11) is -1.93. The number of aromatic nitrogens is 1. The highest BCUT2D eigenvalue weighted by atomic mass is 32.2. The van der Waals surface area contributed by atoms with Crippen molar-refractivity contribution in [3.8, 4) is 0 Å². The number of nitrogens with one attached hydrogen (secondary N) is 1. The Bertz CT molecular complexity index is 737. The van der Waals surface area contributed by atoms with Crippen molar-refractivity contribution >= 4 is 15.7 Å². The van der Waals surface area contributed by atoms with Gasteiger partial charge in [0, 0.05) is 31.2 Å². The molecule has 6 heteroatoms. The van der Waals surface area contributed by atoms with Crippen LogP contribution in [0.5, 0.6) is 0 Å². The van der Waals surface area contributed by atoms with Gasteiger partial charge in [0.05, 0.1) is 4.90 Å². The fourth-order valence-electron chi connectivity index (χ4n) is 3.06. The molecule has 0 unspecified atom stereocenters. The first-order chi connectivity index (χ1) is 11.1. The van der Waals surface area contributed by atoms with E-state index in [1.807, 2.05) is 36.7 Å². The van der Waals surface area contributed by atoms with E-state index >= 15 is 0 Å². The number of anilines is 1. The van der Waals surface area contributed by atoms with E-state index in [4.69, 9.17) is 0 Å². The summed E-state index contributed by atoms with van der Waals surface area (Å²) in [5.41, 5.74) is 2.43. The quantitative estimate of drug-likeness (QED) is 0.934. The maximum Gasteiger partial charge on any atom is 0.240 e. The lowest BCUT2D eigenvalue weighted by molar-refractivity contribution is 0.505. The van der Waals surface area contributed by atoms with Crippen LogP contribution in [0.2, 0.25) is 0 Å². The highest BCUT2D eigenvalue weighted by molar-refractivity contribution is 7.89. The molecule has 0 radical (unpaired) electrons. The van der Waals surface area contributed by atoms with Gasteiger partial charge in [-0.2, -0.15) is 0 Å². The predicted molar refractivity (Wildman–Crippen MR) is 91.1 cm³/mol. The van der Waals surface area contributed by atoms with E-state index < -0.39 is 10.0 Å². The molecule has 2 aromatic rings. The Balaban J connectivity index is 1.66. The van der Waals surface area contributed by atoms with E-state index in [1.54, 1.807) is 12.1 Å². The molecule has 1 aromatic carbocycles. The molecular formula is C17H21N3O2S. The molecule has 122 valence electrons. The molecule has 1 aliphatic rings. The Kier molecular flexibility index (Phi) is 4.63. The fraction of sp³-hybridized carbons (Fsp3) is 0.353. The number of benzene rings is 1. The Morgan fingerprint density at radius 1 is 1.04 bits per heavy atom. The van der Waals surface area contributed by atoms with Gasteiger partial charge in [0.15, 0.2) is 0 Å². The average molecular weight is 331 g/mol. The van der Waals surface area contributed by atoms with Gasteiger partial charge in [-0.3, -0.25) is 4.98 Å². The molecule has 1 aromatic heterocycles. The second kappa shape index (κ2) is 6.68. The first-order valence-electron chi connectivity index (χ1n) is 7.78. The van der Waals surface area contributed by atoms with Crippen LogP contribution in [0, 0.1) is 0 Å². The summed E-state index contributed by atoms with van der Waals surface area (Å²) in [6, 6.07) is 11.3. The highest BCUT2D eigenvalue weighted by Crippen LogP contribution is 2.30. The molecule has 23 heavy (non-hydrogen) atoms. The number of hydrogen-bond donors (Lipinski definition) is 1. The minimum absolute atomic E-state index is 0.318. The molecule has 0 amide bonds. The van der Waals surface area contributed by atoms with Gasteiger partial charge in [-0.25, -0.2) is 13.1 Å². The van der Waals surface area contributed by atoms with Crippen molar-refractivity contribution in [2.24, 2.45) is 0 Å². The zero-order chi connectivity index (χ0) is 16.3. The summed E-state index contributed by atoms with van der Waals surface area (Å²) in [5, 5.41) is 0. The van der Waals surface area contributed by atoms with E-state index in [0.717, 1.165) is 25.9 Å². The zero-order valence-electron chi connectivity index (χ0n) is 13.1. The van der Waals surface area contributed by atoms with Crippen LogP contribution in [0.1, 0.15) is 24.3 Å². The monoisotopic (exact) mass is 331 g/mol. The molecule has 0 spiro atoms. The number of rotatable bonds is 4. The number of nitrogens with zero attached hydrogens (tertiary/aromatic N) is 2. The molecule has 2 heterocycles. The van der Waals surface area contributed by atoms with Crippen LogP contribution in [0.3, 0.4) is 0 Å². The van der Waals surface area contributed by atoms with Crippen molar-refractivity contribution in [3.63, 3.8) is 0 Å². The molecule has 1 N–H and O–H groups in total. The van der Waals surface area contributed by atoms with Gasteiger partial charge in [0.2, 0.25) is 10.0 Å². The summed E-state index contributed by atoms with van der Waals surface area (Å²) >= 11 is 0. The number of piperidine rings is 1. The van der Waals surface area contributed by atoms with Crippen molar-refractivity contribution in [3.05, 3.63) is 54.4 Å². The van der Waals surface area contributed by atoms with Crippen molar-refractivity contribution < 1.29 is 8.42 Å². The normalized spacial score (nSPS) is 16.5. The second-order valence-electron chi connectivity index (χ2n) is 5.74. The maximum atomic E-state index is 11.8. The summed E-state index contributed by atoms with van der Waals surface area (Å²) in [4.78, 5) is 6.75. The third-order valence-electron chi connectivity index (χ3n) is 4.45. The highest BCUT2D eigenvalue weighted by Gasteiger charge is 2.21. The molecule has 3 rings (SSSR count). The topological polar surface area (TPSA) is 62.3 Å². The fourth-order valence-corrected chi connectivity index (χ4v) is 3.79. The lowest BCUT2D eigenvalue weighted by Crippen LogP contribution is -2.32.